The van der Waals surface area contributed by atoms with Gasteiger partial charge in [-0.2, -0.15) is 0 Å². The number of hydrogen-bond acceptors (Lipinski definition) is 6. The van der Waals surface area contributed by atoms with E-state index in [2.05, 4.69) is 0 Å². The number of carbonyl (C=O) groups is 2. The number of carboxylic acid groups (broad SMARTS) is 1. The Kier molecular flexibility index (Phi) is 7.30. The van der Waals surface area contributed by atoms with Crippen LogP contribution in [0.3, 0.4) is 0 Å². The van der Waals surface area contributed by atoms with Crippen molar-refractivity contribution in [3.05, 3.63) is 51.8 Å². The van der Waals surface area contributed by atoms with Crippen LogP contribution < -0.4 is 0 Å². The van der Waals surface area contributed by atoms with Gasteiger partial charge in [0.1, 0.15) is 21.7 Å². The number of hydrogen-bond donors (Lipinski definition) is 2. The Morgan fingerprint density at radius 3 is 2.80 bits per heavy atom. The predicted octanol–water partition coefficient (Wildman–Crippen LogP) is 4.56. The minimum atomic E-state index is -1.40. The molecule has 0 radical (unpaired) electrons. The molecule has 0 saturated carbocycles. The van der Waals surface area contributed by atoms with Crippen molar-refractivity contribution in [3.8, 4) is 11.3 Å². The van der Waals surface area contributed by atoms with Crippen molar-refractivity contribution in [3.63, 3.8) is 0 Å². The molecular formula is C20H17ClFNO5S2. The van der Waals surface area contributed by atoms with E-state index >= 15 is 0 Å². The first-order valence-electron chi connectivity index (χ1n) is 8.98. The number of thioether (sulfide) groups is 1. The molecule has 2 N–H and O–H groups in total. The Labute approximate surface area is 186 Å². The summed E-state index contributed by atoms with van der Waals surface area (Å²) in [4.78, 5) is 25.1. The third-order valence-electron chi connectivity index (χ3n) is 4.37. The van der Waals surface area contributed by atoms with E-state index in [-0.39, 0.29) is 17.4 Å². The van der Waals surface area contributed by atoms with E-state index in [0.29, 0.717) is 45.7 Å². The zero-order valence-corrected chi connectivity index (χ0v) is 17.9. The maximum absolute atomic E-state index is 13.7. The second kappa shape index (κ2) is 9.74. The number of furan rings is 1. The average molecular weight is 470 g/mol. The van der Waals surface area contributed by atoms with Crippen molar-refractivity contribution in [1.82, 2.24) is 4.90 Å². The zero-order valence-electron chi connectivity index (χ0n) is 15.5. The van der Waals surface area contributed by atoms with Crippen LogP contribution in [0.4, 0.5) is 4.39 Å². The van der Waals surface area contributed by atoms with Crippen molar-refractivity contribution >= 4 is 57.9 Å². The highest BCUT2D eigenvalue weighted by Crippen LogP contribution is 2.34. The van der Waals surface area contributed by atoms with Crippen LogP contribution in [0.15, 0.2) is 39.7 Å². The van der Waals surface area contributed by atoms with Gasteiger partial charge in [0.2, 0.25) is 0 Å². The number of unbranched alkanes of at least 4 members (excludes halogenated alkanes) is 1. The van der Waals surface area contributed by atoms with Crippen LogP contribution in [-0.4, -0.2) is 44.0 Å². The molecule has 1 unspecified atom stereocenters. The van der Waals surface area contributed by atoms with Crippen molar-refractivity contribution in [2.45, 2.75) is 25.4 Å². The predicted molar refractivity (Wildman–Crippen MR) is 116 cm³/mol. The van der Waals surface area contributed by atoms with Gasteiger partial charge >= 0.3 is 5.97 Å². The summed E-state index contributed by atoms with van der Waals surface area (Å²) in [6.07, 6.45) is 1.24. The molecule has 1 saturated heterocycles. The van der Waals surface area contributed by atoms with Gasteiger partial charge < -0.3 is 14.6 Å². The number of carboxylic acids is 1. The average Bonchev–Trinajstić information content (AvgIpc) is 3.26. The van der Waals surface area contributed by atoms with Crippen LogP contribution in [-0.2, 0) is 9.59 Å². The molecule has 2 heterocycles. The second-order valence-electron chi connectivity index (χ2n) is 6.51. The number of rotatable bonds is 8. The molecule has 1 aliphatic heterocycles. The summed E-state index contributed by atoms with van der Waals surface area (Å²) >= 11 is 12.1. The van der Waals surface area contributed by atoms with Gasteiger partial charge in [0.05, 0.1) is 9.93 Å². The van der Waals surface area contributed by atoms with Gasteiger partial charge in [-0.25, -0.2) is 9.18 Å². The van der Waals surface area contributed by atoms with Crippen LogP contribution >= 0.6 is 35.6 Å². The third-order valence-corrected chi connectivity index (χ3v) is 6.06. The van der Waals surface area contributed by atoms with E-state index in [0.717, 1.165) is 11.8 Å². The third kappa shape index (κ3) is 5.28. The molecule has 1 aliphatic rings. The molecule has 1 aromatic heterocycles. The van der Waals surface area contributed by atoms with E-state index in [1.807, 2.05) is 0 Å². The van der Waals surface area contributed by atoms with Gasteiger partial charge in [-0.1, -0.05) is 35.6 Å². The molecule has 1 aromatic carbocycles. The van der Waals surface area contributed by atoms with E-state index in [9.17, 15) is 19.1 Å². The lowest BCUT2D eigenvalue weighted by Gasteiger charge is -2.14. The number of aliphatic hydroxyl groups is 1. The molecule has 0 spiro atoms. The summed E-state index contributed by atoms with van der Waals surface area (Å²) in [5, 5.41) is 18.0. The topological polar surface area (TPSA) is 91.0 Å². The highest BCUT2D eigenvalue weighted by Gasteiger charge is 2.31. The van der Waals surface area contributed by atoms with E-state index in [1.54, 1.807) is 24.3 Å². The first-order valence-corrected chi connectivity index (χ1v) is 10.6. The summed E-state index contributed by atoms with van der Waals surface area (Å²) in [5.74, 6) is -1.22. The molecule has 1 fully saturated rings. The number of aliphatic hydroxyl groups excluding tert-OH is 1. The van der Waals surface area contributed by atoms with Crippen molar-refractivity contribution < 1.29 is 28.6 Å². The SMILES string of the molecule is O=C(O)C(O)CCCCN1C(=O)/C(=C\c2ccc(-c3ccc(Cl)c(F)c3)o2)SC1=S. The van der Waals surface area contributed by atoms with Crippen molar-refractivity contribution in [1.29, 1.82) is 0 Å². The van der Waals surface area contributed by atoms with Gasteiger partial charge in [-0.3, -0.25) is 9.69 Å². The van der Waals surface area contributed by atoms with E-state index < -0.39 is 17.9 Å². The normalized spacial score (nSPS) is 16.5. The van der Waals surface area contributed by atoms with Gasteiger partial charge in [0.25, 0.3) is 5.91 Å². The molecule has 3 rings (SSSR count). The number of amides is 1. The number of benzene rings is 1. The number of thiocarbonyl (C=S) groups is 1. The Bertz CT molecular complexity index is 1020. The number of carbonyl (C=O) groups excluding carboxylic acids is 1. The molecule has 0 bridgehead atoms. The summed E-state index contributed by atoms with van der Waals surface area (Å²) in [7, 11) is 0. The van der Waals surface area contributed by atoms with Crippen LogP contribution in [0.2, 0.25) is 5.02 Å². The Hall–Kier alpha value is -2.20. The molecular weight excluding hydrogens is 453 g/mol. The number of aliphatic carboxylic acids is 1. The Morgan fingerprint density at radius 1 is 1.33 bits per heavy atom. The van der Waals surface area contributed by atoms with Crippen LogP contribution in [0.1, 0.15) is 25.0 Å². The zero-order chi connectivity index (χ0) is 21.8. The standard InChI is InChI=1S/C20H17ClFNO5S2/c21-13-6-4-11(9-14(13)22)16-7-5-12(28-16)10-17-18(25)23(20(29)30-17)8-2-1-3-15(24)19(26)27/h4-7,9-10,15,24H,1-3,8H2,(H,26,27)/b17-10+. The second-order valence-corrected chi connectivity index (χ2v) is 8.60. The highest BCUT2D eigenvalue weighted by molar-refractivity contribution is 8.26. The minimum absolute atomic E-state index is 0.0201. The van der Waals surface area contributed by atoms with E-state index in [1.165, 1.54) is 17.0 Å². The lowest BCUT2D eigenvalue weighted by Crippen LogP contribution is -2.29. The lowest BCUT2D eigenvalue weighted by molar-refractivity contribution is -0.147. The maximum atomic E-state index is 13.7. The van der Waals surface area contributed by atoms with Crippen LogP contribution in [0.25, 0.3) is 17.4 Å². The highest BCUT2D eigenvalue weighted by atomic mass is 35.5. The minimum Gasteiger partial charge on any atom is -0.479 e. The Morgan fingerprint density at radius 2 is 2.10 bits per heavy atom. The molecule has 10 heteroatoms. The molecule has 1 atom stereocenters. The summed E-state index contributed by atoms with van der Waals surface area (Å²) in [6.45, 7) is 0.335. The molecule has 2 aromatic rings. The van der Waals surface area contributed by atoms with Gasteiger partial charge in [0, 0.05) is 18.2 Å². The monoisotopic (exact) mass is 469 g/mol. The number of halogens is 2. The molecule has 30 heavy (non-hydrogen) atoms. The van der Waals surface area contributed by atoms with Gasteiger partial charge in [-0.15, -0.1) is 0 Å². The molecule has 6 nitrogen and oxygen atoms in total. The van der Waals surface area contributed by atoms with Crippen molar-refractivity contribution in [2.24, 2.45) is 0 Å². The van der Waals surface area contributed by atoms with E-state index in [4.69, 9.17) is 33.3 Å². The Balaban J connectivity index is 1.63. The van der Waals surface area contributed by atoms with Crippen LogP contribution in [0, 0.1) is 5.82 Å². The molecule has 0 aliphatic carbocycles. The lowest BCUT2D eigenvalue weighted by atomic mass is 10.1. The van der Waals surface area contributed by atoms with Gasteiger partial charge in [-0.05, 0) is 49.6 Å². The fourth-order valence-electron chi connectivity index (χ4n) is 2.79. The smallest absolute Gasteiger partial charge is 0.332 e. The fourth-order valence-corrected chi connectivity index (χ4v) is 4.19. The summed E-state index contributed by atoms with van der Waals surface area (Å²) in [6, 6.07) is 7.68. The fraction of sp³-hybridized carbons (Fsp3) is 0.250. The summed E-state index contributed by atoms with van der Waals surface area (Å²) < 4.78 is 19.7. The first kappa shape index (κ1) is 22.5. The van der Waals surface area contributed by atoms with Gasteiger partial charge in [0.15, 0.2) is 6.10 Å². The van der Waals surface area contributed by atoms with Crippen molar-refractivity contribution in [2.75, 3.05) is 6.54 Å². The first-order chi connectivity index (χ1) is 14.3. The quantitative estimate of drug-likeness (QED) is 0.333. The maximum Gasteiger partial charge on any atom is 0.332 e. The van der Waals surface area contributed by atoms with Crippen LogP contribution in [0.5, 0.6) is 0 Å². The molecule has 1 amide bonds. The molecule has 158 valence electrons. The number of nitrogens with zero attached hydrogens (tertiary/aromatic N) is 1. The summed E-state index contributed by atoms with van der Waals surface area (Å²) in [5.41, 5.74) is 0.521. The largest absolute Gasteiger partial charge is 0.479 e.